The zero-order chi connectivity index (χ0) is 14.7. The smallest absolute Gasteiger partial charge is 0.149 e. The van der Waals surface area contributed by atoms with Crippen LogP contribution in [0.3, 0.4) is 0 Å². The maximum absolute atomic E-state index is 14.1. The Kier molecular flexibility index (Phi) is 4.42. The van der Waals surface area contributed by atoms with E-state index in [0.29, 0.717) is 11.3 Å². The third-order valence-corrected chi connectivity index (χ3v) is 3.48. The zero-order valence-corrected chi connectivity index (χ0v) is 12.5. The van der Waals surface area contributed by atoms with Gasteiger partial charge in [-0.2, -0.15) is 0 Å². The van der Waals surface area contributed by atoms with Crippen LogP contribution in [0.2, 0.25) is 0 Å². The maximum atomic E-state index is 14.1. The number of aryl methyl sites for hydroxylation is 1. The molecule has 3 nitrogen and oxygen atoms in total. The van der Waals surface area contributed by atoms with Crippen molar-refractivity contribution in [2.75, 3.05) is 19.0 Å². The molecule has 1 aromatic carbocycles. The summed E-state index contributed by atoms with van der Waals surface area (Å²) in [6.07, 6.45) is 1.85. The molecule has 0 saturated carbocycles. The van der Waals surface area contributed by atoms with Crippen LogP contribution < -0.4 is 10.1 Å². The molecule has 4 heteroatoms. The van der Waals surface area contributed by atoms with Crippen molar-refractivity contribution in [3.05, 3.63) is 29.2 Å². The van der Waals surface area contributed by atoms with E-state index in [1.165, 1.54) is 6.07 Å². The summed E-state index contributed by atoms with van der Waals surface area (Å²) < 4.78 is 19.5. The standard InChI is InChI=1S/C16H21FN2O/c1-5-9-18-15-11(6-2)10(3)19-16-12(17)7-8-13(20-4)14(15)16/h7-8H,5-6,9H2,1-4H3,(H,18,19). The number of rotatable bonds is 5. The summed E-state index contributed by atoms with van der Waals surface area (Å²) in [5, 5.41) is 4.15. The Morgan fingerprint density at radius 2 is 2.05 bits per heavy atom. The van der Waals surface area contributed by atoms with Crippen LogP contribution in [0.25, 0.3) is 10.9 Å². The third kappa shape index (κ3) is 2.42. The van der Waals surface area contributed by atoms with Crippen molar-refractivity contribution < 1.29 is 9.13 Å². The minimum Gasteiger partial charge on any atom is -0.496 e. The molecule has 0 fully saturated rings. The first kappa shape index (κ1) is 14.6. The lowest BCUT2D eigenvalue weighted by atomic mass is 10.0. The molecule has 108 valence electrons. The normalized spacial score (nSPS) is 10.8. The van der Waals surface area contributed by atoms with Crippen LogP contribution in [0.4, 0.5) is 10.1 Å². The number of hydrogen-bond acceptors (Lipinski definition) is 3. The number of nitrogens with one attached hydrogen (secondary N) is 1. The van der Waals surface area contributed by atoms with E-state index in [9.17, 15) is 4.39 Å². The molecular weight excluding hydrogens is 255 g/mol. The van der Waals surface area contributed by atoms with Gasteiger partial charge in [0.1, 0.15) is 17.1 Å². The number of halogens is 1. The Balaban J connectivity index is 2.82. The highest BCUT2D eigenvalue weighted by Gasteiger charge is 2.17. The van der Waals surface area contributed by atoms with E-state index < -0.39 is 0 Å². The molecule has 0 unspecified atom stereocenters. The highest BCUT2D eigenvalue weighted by atomic mass is 19.1. The summed E-state index contributed by atoms with van der Waals surface area (Å²) in [6, 6.07) is 3.06. The molecule has 0 spiro atoms. The molecule has 2 rings (SSSR count). The third-order valence-electron chi connectivity index (χ3n) is 3.48. The van der Waals surface area contributed by atoms with Crippen molar-refractivity contribution in [2.45, 2.75) is 33.6 Å². The SMILES string of the molecule is CCCNc1c(CC)c(C)nc2c(F)ccc(OC)c12. The highest BCUT2D eigenvalue weighted by molar-refractivity contribution is 5.98. The molecule has 0 saturated heterocycles. The quantitative estimate of drug-likeness (QED) is 0.893. The van der Waals surface area contributed by atoms with E-state index in [-0.39, 0.29) is 5.82 Å². The van der Waals surface area contributed by atoms with E-state index >= 15 is 0 Å². The molecule has 0 radical (unpaired) electrons. The van der Waals surface area contributed by atoms with E-state index in [1.807, 2.05) is 6.92 Å². The first-order valence-corrected chi connectivity index (χ1v) is 7.03. The molecule has 0 aliphatic carbocycles. The van der Waals surface area contributed by atoms with E-state index in [2.05, 4.69) is 24.1 Å². The molecule has 0 aliphatic heterocycles. The van der Waals surface area contributed by atoms with Crippen LogP contribution in [-0.4, -0.2) is 18.6 Å². The molecule has 20 heavy (non-hydrogen) atoms. The van der Waals surface area contributed by atoms with Gasteiger partial charge in [0.05, 0.1) is 18.2 Å². The van der Waals surface area contributed by atoms with E-state index in [0.717, 1.165) is 41.7 Å². The second-order valence-corrected chi connectivity index (χ2v) is 4.80. The summed E-state index contributed by atoms with van der Waals surface area (Å²) in [6.45, 7) is 6.95. The number of pyridine rings is 1. The fourth-order valence-electron chi connectivity index (χ4n) is 2.51. The second kappa shape index (κ2) is 6.07. The van der Waals surface area contributed by atoms with Crippen LogP contribution in [-0.2, 0) is 6.42 Å². The average Bonchev–Trinajstić information content (AvgIpc) is 2.45. The lowest BCUT2D eigenvalue weighted by Crippen LogP contribution is -2.08. The van der Waals surface area contributed by atoms with Crippen LogP contribution in [0.15, 0.2) is 12.1 Å². The fourth-order valence-corrected chi connectivity index (χ4v) is 2.51. The largest absolute Gasteiger partial charge is 0.496 e. The number of hydrogen-bond donors (Lipinski definition) is 1. The molecule has 0 bridgehead atoms. The second-order valence-electron chi connectivity index (χ2n) is 4.80. The Morgan fingerprint density at radius 3 is 2.65 bits per heavy atom. The fraction of sp³-hybridized carbons (Fsp3) is 0.438. The molecule has 0 amide bonds. The lowest BCUT2D eigenvalue weighted by Gasteiger charge is -2.18. The average molecular weight is 276 g/mol. The summed E-state index contributed by atoms with van der Waals surface area (Å²) >= 11 is 0. The van der Waals surface area contributed by atoms with Crippen LogP contribution in [0, 0.1) is 12.7 Å². The number of anilines is 1. The molecule has 0 aliphatic rings. The number of nitrogens with zero attached hydrogens (tertiary/aromatic N) is 1. The summed E-state index contributed by atoms with van der Waals surface area (Å²) in [7, 11) is 1.60. The maximum Gasteiger partial charge on any atom is 0.149 e. The Morgan fingerprint density at radius 1 is 1.30 bits per heavy atom. The summed E-state index contributed by atoms with van der Waals surface area (Å²) in [5.74, 6) is 0.341. The number of aromatic nitrogens is 1. The molecule has 0 atom stereocenters. The molecular formula is C16H21FN2O. The predicted molar refractivity (Wildman–Crippen MR) is 81.1 cm³/mol. The number of methoxy groups -OCH3 is 1. The molecule has 1 heterocycles. The van der Waals surface area contributed by atoms with Crippen molar-refractivity contribution in [3.8, 4) is 5.75 Å². The number of ether oxygens (including phenoxy) is 1. The van der Waals surface area contributed by atoms with Gasteiger partial charge in [0, 0.05) is 12.2 Å². The van der Waals surface area contributed by atoms with Crippen molar-refractivity contribution in [1.82, 2.24) is 4.98 Å². The Bertz CT molecular complexity index is 626. The first-order chi connectivity index (χ1) is 9.63. The minimum absolute atomic E-state index is 0.314. The monoisotopic (exact) mass is 276 g/mol. The van der Waals surface area contributed by atoms with Crippen LogP contribution in [0.5, 0.6) is 5.75 Å². The van der Waals surface area contributed by atoms with Gasteiger partial charge in [-0.1, -0.05) is 13.8 Å². The van der Waals surface area contributed by atoms with Gasteiger partial charge in [0.25, 0.3) is 0 Å². The van der Waals surface area contributed by atoms with Crippen LogP contribution >= 0.6 is 0 Å². The topological polar surface area (TPSA) is 34.2 Å². The minimum atomic E-state index is -0.314. The van der Waals surface area contributed by atoms with Crippen molar-refractivity contribution >= 4 is 16.6 Å². The van der Waals surface area contributed by atoms with Crippen LogP contribution in [0.1, 0.15) is 31.5 Å². The molecule has 1 aromatic heterocycles. The molecule has 2 aromatic rings. The van der Waals surface area contributed by atoms with Gasteiger partial charge < -0.3 is 10.1 Å². The number of fused-ring (bicyclic) bond motifs is 1. The Hall–Kier alpha value is -1.84. The lowest BCUT2D eigenvalue weighted by molar-refractivity contribution is 0.419. The van der Waals surface area contributed by atoms with Crippen molar-refractivity contribution in [1.29, 1.82) is 0 Å². The van der Waals surface area contributed by atoms with Gasteiger partial charge in [0.2, 0.25) is 0 Å². The van der Waals surface area contributed by atoms with Gasteiger partial charge in [0.15, 0.2) is 0 Å². The molecule has 1 N–H and O–H groups in total. The van der Waals surface area contributed by atoms with Gasteiger partial charge in [-0.15, -0.1) is 0 Å². The van der Waals surface area contributed by atoms with Gasteiger partial charge >= 0.3 is 0 Å². The van der Waals surface area contributed by atoms with Gasteiger partial charge in [-0.05, 0) is 37.5 Å². The predicted octanol–water partition coefficient (Wildman–Crippen LogP) is 4.08. The Labute approximate surface area is 119 Å². The highest BCUT2D eigenvalue weighted by Crippen LogP contribution is 2.36. The summed E-state index contributed by atoms with van der Waals surface area (Å²) in [5.41, 5.74) is 3.31. The van der Waals surface area contributed by atoms with Crippen molar-refractivity contribution in [2.24, 2.45) is 0 Å². The first-order valence-electron chi connectivity index (χ1n) is 7.03. The number of benzene rings is 1. The van der Waals surface area contributed by atoms with E-state index in [4.69, 9.17) is 4.74 Å². The van der Waals surface area contributed by atoms with Gasteiger partial charge in [-0.25, -0.2) is 9.37 Å². The van der Waals surface area contributed by atoms with Crippen molar-refractivity contribution in [3.63, 3.8) is 0 Å². The zero-order valence-electron chi connectivity index (χ0n) is 12.5. The summed E-state index contributed by atoms with van der Waals surface area (Å²) in [4.78, 5) is 4.43. The van der Waals surface area contributed by atoms with Gasteiger partial charge in [-0.3, -0.25) is 0 Å². The van der Waals surface area contributed by atoms with E-state index in [1.54, 1.807) is 13.2 Å².